The lowest BCUT2D eigenvalue weighted by atomic mass is 10.2. The molecule has 0 saturated carbocycles. The van der Waals surface area contributed by atoms with Gasteiger partial charge in [-0.05, 0) is 35.2 Å². The molecule has 1 atom stereocenters. The minimum Gasteiger partial charge on any atom is -0.356 e. The van der Waals surface area contributed by atoms with Gasteiger partial charge in [-0.3, -0.25) is 4.98 Å². The molecule has 0 spiro atoms. The summed E-state index contributed by atoms with van der Waals surface area (Å²) in [7, 11) is 0. The van der Waals surface area contributed by atoms with Crippen molar-refractivity contribution < 1.29 is 4.74 Å². The topological polar surface area (TPSA) is 39.9 Å². The molecule has 6 heteroatoms. The van der Waals surface area contributed by atoms with Crippen molar-refractivity contribution in [1.82, 2.24) is 14.8 Å². The molecule has 1 aliphatic rings. The highest BCUT2D eigenvalue weighted by atomic mass is 79.9. The van der Waals surface area contributed by atoms with E-state index in [0.29, 0.717) is 5.02 Å². The quantitative estimate of drug-likeness (QED) is 0.808. The Morgan fingerprint density at radius 3 is 3.06 bits per heavy atom. The van der Waals surface area contributed by atoms with Crippen LogP contribution in [0.1, 0.15) is 25.5 Å². The normalized spacial score (nSPS) is 20.9. The minimum atomic E-state index is -0.0163. The van der Waals surface area contributed by atoms with E-state index >= 15 is 0 Å². The largest absolute Gasteiger partial charge is 0.356 e. The van der Waals surface area contributed by atoms with E-state index in [1.807, 2.05) is 4.68 Å². The molecule has 4 nitrogen and oxygen atoms in total. The molecule has 0 bridgehead atoms. The summed E-state index contributed by atoms with van der Waals surface area (Å²) in [6.45, 7) is 0.784. The van der Waals surface area contributed by atoms with Crippen LogP contribution in [-0.4, -0.2) is 21.4 Å². The van der Waals surface area contributed by atoms with Crippen LogP contribution < -0.4 is 0 Å². The number of fused-ring (bicyclic) bond motifs is 1. The van der Waals surface area contributed by atoms with Crippen LogP contribution in [0.3, 0.4) is 0 Å². The summed E-state index contributed by atoms with van der Waals surface area (Å²) in [5.41, 5.74) is 0.889. The van der Waals surface area contributed by atoms with Crippen LogP contribution in [0.4, 0.5) is 0 Å². The van der Waals surface area contributed by atoms with Gasteiger partial charge in [0.1, 0.15) is 4.60 Å². The van der Waals surface area contributed by atoms with Crippen molar-refractivity contribution in [1.29, 1.82) is 0 Å². The van der Waals surface area contributed by atoms with Gasteiger partial charge in [0.05, 0.1) is 15.9 Å². The van der Waals surface area contributed by atoms with Gasteiger partial charge in [0.2, 0.25) is 0 Å². The van der Waals surface area contributed by atoms with Gasteiger partial charge in [0.25, 0.3) is 0 Å². The molecule has 1 saturated heterocycles. The zero-order valence-corrected chi connectivity index (χ0v) is 11.4. The second-order valence-electron chi connectivity index (χ2n) is 4.07. The van der Waals surface area contributed by atoms with Gasteiger partial charge < -0.3 is 4.74 Å². The fourth-order valence-corrected chi connectivity index (χ4v) is 2.84. The van der Waals surface area contributed by atoms with Crippen molar-refractivity contribution >= 4 is 38.4 Å². The fourth-order valence-electron chi connectivity index (χ4n) is 2.14. The lowest BCUT2D eigenvalue weighted by Crippen LogP contribution is -2.19. The Balaban J connectivity index is 2.15. The number of halogens is 2. The third kappa shape index (κ3) is 1.96. The molecule has 0 radical (unpaired) electrons. The molecule has 0 aliphatic carbocycles. The standard InChI is InChI=1S/C11H11BrClN3O/c12-11-7-5-14-6-8(13)10(7)16(15-11)9-3-1-2-4-17-9/h5-6,9H,1-4H2. The number of hydrogen-bond donors (Lipinski definition) is 0. The van der Waals surface area contributed by atoms with Crippen molar-refractivity contribution in [2.45, 2.75) is 25.5 Å². The van der Waals surface area contributed by atoms with Gasteiger partial charge >= 0.3 is 0 Å². The highest BCUT2D eigenvalue weighted by molar-refractivity contribution is 9.10. The van der Waals surface area contributed by atoms with E-state index in [1.54, 1.807) is 12.4 Å². The number of pyridine rings is 1. The summed E-state index contributed by atoms with van der Waals surface area (Å²) < 4.78 is 8.37. The predicted molar refractivity (Wildman–Crippen MR) is 69.1 cm³/mol. The smallest absolute Gasteiger partial charge is 0.150 e. The van der Waals surface area contributed by atoms with Gasteiger partial charge in [-0.2, -0.15) is 5.10 Å². The van der Waals surface area contributed by atoms with Crippen molar-refractivity contribution in [3.05, 3.63) is 22.0 Å². The van der Waals surface area contributed by atoms with Crippen LogP contribution >= 0.6 is 27.5 Å². The maximum absolute atomic E-state index is 6.20. The molecular weight excluding hydrogens is 305 g/mol. The molecule has 2 aromatic rings. The third-order valence-electron chi connectivity index (χ3n) is 2.95. The van der Waals surface area contributed by atoms with Crippen LogP contribution in [0.5, 0.6) is 0 Å². The molecule has 0 amide bonds. The van der Waals surface area contributed by atoms with E-state index < -0.39 is 0 Å². The van der Waals surface area contributed by atoms with Gasteiger partial charge in [0, 0.05) is 19.0 Å². The van der Waals surface area contributed by atoms with Gasteiger partial charge in [-0.15, -0.1) is 0 Å². The Bertz CT molecular complexity index is 551. The number of hydrogen-bond acceptors (Lipinski definition) is 3. The number of nitrogens with zero attached hydrogens (tertiary/aromatic N) is 3. The Hall–Kier alpha value is -0.650. The second kappa shape index (κ2) is 4.55. The van der Waals surface area contributed by atoms with E-state index in [9.17, 15) is 0 Å². The molecule has 0 aromatic carbocycles. The minimum absolute atomic E-state index is 0.0163. The summed E-state index contributed by atoms with van der Waals surface area (Å²) in [5, 5.41) is 5.99. The second-order valence-corrected chi connectivity index (χ2v) is 5.23. The molecule has 3 rings (SSSR count). The van der Waals surface area contributed by atoms with E-state index in [0.717, 1.165) is 41.4 Å². The first-order valence-electron chi connectivity index (χ1n) is 5.56. The number of aromatic nitrogens is 3. The van der Waals surface area contributed by atoms with Crippen molar-refractivity contribution in [2.75, 3.05) is 6.61 Å². The lowest BCUT2D eigenvalue weighted by molar-refractivity contribution is -0.0368. The Kier molecular flexibility index (Phi) is 3.06. The van der Waals surface area contributed by atoms with Crippen LogP contribution in [-0.2, 0) is 4.74 Å². The van der Waals surface area contributed by atoms with Crippen LogP contribution in [0.25, 0.3) is 10.9 Å². The van der Waals surface area contributed by atoms with E-state index in [4.69, 9.17) is 16.3 Å². The molecular formula is C11H11BrClN3O. The Morgan fingerprint density at radius 2 is 2.29 bits per heavy atom. The summed E-state index contributed by atoms with van der Waals surface area (Å²) in [6.07, 6.45) is 6.63. The van der Waals surface area contributed by atoms with E-state index in [1.165, 1.54) is 0 Å². The van der Waals surface area contributed by atoms with Gasteiger partial charge in [-0.1, -0.05) is 11.6 Å². The fraction of sp³-hybridized carbons (Fsp3) is 0.455. The molecule has 0 N–H and O–H groups in total. The first kappa shape index (κ1) is 11.4. The summed E-state index contributed by atoms with van der Waals surface area (Å²) in [6, 6.07) is 0. The van der Waals surface area contributed by atoms with Crippen molar-refractivity contribution in [2.24, 2.45) is 0 Å². The van der Waals surface area contributed by atoms with Crippen LogP contribution in [0.15, 0.2) is 17.0 Å². The average molecular weight is 317 g/mol. The average Bonchev–Trinajstić information content (AvgIpc) is 2.70. The molecule has 3 heterocycles. The first-order valence-corrected chi connectivity index (χ1v) is 6.73. The van der Waals surface area contributed by atoms with Crippen LogP contribution in [0.2, 0.25) is 5.02 Å². The Labute approximate surface area is 112 Å². The first-order chi connectivity index (χ1) is 8.27. The molecule has 17 heavy (non-hydrogen) atoms. The van der Waals surface area contributed by atoms with Crippen molar-refractivity contribution in [3.63, 3.8) is 0 Å². The van der Waals surface area contributed by atoms with Crippen molar-refractivity contribution in [3.8, 4) is 0 Å². The monoisotopic (exact) mass is 315 g/mol. The molecule has 1 fully saturated rings. The molecule has 1 unspecified atom stereocenters. The SMILES string of the molecule is Clc1cncc2c(Br)nn(C3CCCCO3)c12. The van der Waals surface area contributed by atoms with Crippen LogP contribution in [0, 0.1) is 0 Å². The highest BCUT2D eigenvalue weighted by Gasteiger charge is 2.21. The lowest BCUT2D eigenvalue weighted by Gasteiger charge is -2.23. The zero-order valence-electron chi connectivity index (χ0n) is 9.07. The van der Waals surface area contributed by atoms with Gasteiger partial charge in [0.15, 0.2) is 6.23 Å². The third-order valence-corrected chi connectivity index (χ3v) is 3.81. The highest BCUT2D eigenvalue weighted by Crippen LogP contribution is 2.33. The van der Waals surface area contributed by atoms with E-state index in [2.05, 4.69) is 26.0 Å². The number of rotatable bonds is 1. The summed E-state index contributed by atoms with van der Waals surface area (Å²) >= 11 is 9.63. The molecule has 90 valence electrons. The number of ether oxygens (including phenoxy) is 1. The maximum atomic E-state index is 6.20. The van der Waals surface area contributed by atoms with E-state index in [-0.39, 0.29) is 6.23 Å². The molecule has 1 aliphatic heterocycles. The molecule has 2 aromatic heterocycles. The summed E-state index contributed by atoms with van der Waals surface area (Å²) in [4.78, 5) is 4.08. The summed E-state index contributed by atoms with van der Waals surface area (Å²) in [5.74, 6) is 0. The maximum Gasteiger partial charge on any atom is 0.150 e. The Morgan fingerprint density at radius 1 is 1.41 bits per heavy atom. The zero-order chi connectivity index (χ0) is 11.8. The van der Waals surface area contributed by atoms with Gasteiger partial charge in [-0.25, -0.2) is 4.68 Å². The predicted octanol–water partition coefficient (Wildman–Crippen LogP) is 3.55.